The molecule has 1 unspecified atom stereocenters. The van der Waals surface area contributed by atoms with Crippen LogP contribution in [-0.4, -0.2) is 70.0 Å². The van der Waals surface area contributed by atoms with Crippen molar-refractivity contribution in [1.82, 2.24) is 25.2 Å². The zero-order valence-electron chi connectivity index (χ0n) is 25.1. The van der Waals surface area contributed by atoms with Crippen LogP contribution in [0.4, 0.5) is 10.2 Å². The number of nitrogens with zero attached hydrogens (tertiary/aromatic N) is 4. The fraction of sp³-hybridized carbons (Fsp3) is 0.235. The van der Waals surface area contributed by atoms with Crippen molar-refractivity contribution >= 4 is 45.1 Å². The molecule has 2 aromatic carbocycles. The Morgan fingerprint density at radius 3 is 2.60 bits per heavy atom. The minimum atomic E-state index is -0.645. The summed E-state index contributed by atoms with van der Waals surface area (Å²) in [4.78, 5) is 51.7. The average Bonchev–Trinajstić information content (AvgIpc) is 3.65. The number of amides is 3. The van der Waals surface area contributed by atoms with Gasteiger partial charge in [0, 0.05) is 48.6 Å². The van der Waals surface area contributed by atoms with Gasteiger partial charge >= 0.3 is 0 Å². The Hall–Kier alpha value is -5.27. The van der Waals surface area contributed by atoms with Crippen molar-refractivity contribution in [3.63, 3.8) is 0 Å². The Labute approximate surface area is 272 Å². The van der Waals surface area contributed by atoms with E-state index in [-0.39, 0.29) is 24.1 Å². The highest BCUT2D eigenvalue weighted by molar-refractivity contribution is 7.21. The molecule has 238 valence electrons. The third kappa shape index (κ3) is 6.67. The van der Waals surface area contributed by atoms with E-state index in [2.05, 4.69) is 25.6 Å². The molecule has 3 aromatic heterocycles. The molecule has 2 aliphatic heterocycles. The van der Waals surface area contributed by atoms with Crippen LogP contribution in [0.15, 0.2) is 73.1 Å². The average molecular weight is 653 g/mol. The number of thiazole rings is 1. The fourth-order valence-electron chi connectivity index (χ4n) is 5.58. The van der Waals surface area contributed by atoms with Gasteiger partial charge in [0.2, 0.25) is 11.8 Å². The number of hydrogen-bond donors (Lipinski definition) is 2. The summed E-state index contributed by atoms with van der Waals surface area (Å²) in [7, 11) is 0. The Morgan fingerprint density at radius 1 is 0.957 bits per heavy atom. The van der Waals surface area contributed by atoms with Gasteiger partial charge in [0.05, 0.1) is 29.1 Å². The third-order valence-corrected chi connectivity index (χ3v) is 9.01. The largest absolute Gasteiger partial charge is 0.491 e. The number of nitrogens with one attached hydrogen (secondary N) is 2. The number of hydrogen-bond acceptors (Lipinski definition) is 10. The molecule has 2 aliphatic rings. The second-order valence-corrected chi connectivity index (χ2v) is 12.1. The van der Waals surface area contributed by atoms with Gasteiger partial charge in [-0.1, -0.05) is 6.07 Å². The van der Waals surface area contributed by atoms with Gasteiger partial charge in [0.15, 0.2) is 0 Å². The van der Waals surface area contributed by atoms with Gasteiger partial charge in [0.25, 0.3) is 5.91 Å². The first-order valence-corrected chi connectivity index (χ1v) is 15.9. The first-order valence-electron chi connectivity index (χ1n) is 15.1. The summed E-state index contributed by atoms with van der Waals surface area (Å²) < 4.78 is 25.8. The molecular formula is C34H29FN6O5S. The maximum absolute atomic E-state index is 13.5. The highest BCUT2D eigenvalue weighted by Crippen LogP contribution is 2.32. The fourth-order valence-corrected chi connectivity index (χ4v) is 6.55. The number of ether oxygens (including phenoxy) is 2. The molecule has 5 aromatic rings. The summed E-state index contributed by atoms with van der Waals surface area (Å²) >= 11 is 1.41. The molecule has 1 saturated heterocycles. The molecule has 0 radical (unpaired) electrons. The van der Waals surface area contributed by atoms with E-state index in [1.165, 1.54) is 28.4 Å². The first kappa shape index (κ1) is 30.4. The molecule has 0 saturated carbocycles. The predicted octanol–water partition coefficient (Wildman–Crippen LogP) is 4.83. The number of aromatic nitrogens is 3. The highest BCUT2D eigenvalue weighted by Gasteiger charge is 2.39. The Balaban J connectivity index is 0.828. The predicted molar refractivity (Wildman–Crippen MR) is 173 cm³/mol. The summed E-state index contributed by atoms with van der Waals surface area (Å²) in [5.41, 5.74) is 4.66. The molecule has 0 bridgehead atoms. The smallest absolute Gasteiger partial charge is 0.255 e. The van der Waals surface area contributed by atoms with Gasteiger partial charge in [-0.3, -0.25) is 24.7 Å². The Bertz CT molecular complexity index is 1970. The number of carbonyl (C=O) groups excluding carboxylic acids is 3. The summed E-state index contributed by atoms with van der Waals surface area (Å²) in [5.74, 6) is 0.103. The number of pyridine rings is 2. The van der Waals surface area contributed by atoms with Gasteiger partial charge in [0.1, 0.15) is 35.0 Å². The summed E-state index contributed by atoms with van der Waals surface area (Å²) in [5, 5.41) is 6.29. The summed E-state index contributed by atoms with van der Waals surface area (Å²) in [6.45, 7) is 2.03. The van der Waals surface area contributed by atoms with Crippen molar-refractivity contribution in [1.29, 1.82) is 0 Å². The van der Waals surface area contributed by atoms with Crippen molar-refractivity contribution in [2.24, 2.45) is 0 Å². The maximum Gasteiger partial charge on any atom is 0.255 e. The van der Waals surface area contributed by atoms with Crippen LogP contribution in [0.3, 0.4) is 0 Å². The molecule has 5 heterocycles. The molecular weight excluding hydrogens is 623 g/mol. The van der Waals surface area contributed by atoms with E-state index >= 15 is 0 Å². The van der Waals surface area contributed by atoms with Crippen molar-refractivity contribution in [2.75, 3.05) is 31.7 Å². The highest BCUT2D eigenvalue weighted by atomic mass is 32.1. The van der Waals surface area contributed by atoms with Crippen LogP contribution in [0.25, 0.3) is 32.0 Å². The van der Waals surface area contributed by atoms with Gasteiger partial charge in [-0.2, -0.15) is 0 Å². The van der Waals surface area contributed by atoms with Crippen LogP contribution in [0.2, 0.25) is 0 Å². The topological polar surface area (TPSA) is 136 Å². The molecule has 3 amide bonds. The number of carbonyl (C=O) groups is 3. The SMILES string of the molecule is O=C1CCC(N2Cc3cc(OCCOCCNc4ccc(-c5ccc(-c6nc7ccc(F)cc7s6)nc5)cn4)ccc3C2=O)C(=O)N1. The van der Waals surface area contributed by atoms with E-state index in [0.717, 1.165) is 43.4 Å². The van der Waals surface area contributed by atoms with Crippen LogP contribution in [0.1, 0.15) is 28.8 Å². The standard InChI is InChI=1S/C34H29FN6O5S/c35-23-3-7-26-29(16-23)47-33(39-26)27-6-1-20(17-37-27)21-2-9-30(38-18-21)36-11-12-45-13-14-46-24-4-5-25-22(15-24)19-41(34(25)44)28-8-10-31(42)40-32(28)43/h1-7,9,15-18,28H,8,10-14,19H2,(H,36,38)(H,40,42,43). The summed E-state index contributed by atoms with van der Waals surface area (Å²) in [6, 6.07) is 16.9. The molecule has 47 heavy (non-hydrogen) atoms. The Kier molecular flexibility index (Phi) is 8.55. The number of benzene rings is 2. The minimum absolute atomic E-state index is 0.214. The van der Waals surface area contributed by atoms with Gasteiger partial charge in [-0.15, -0.1) is 11.3 Å². The molecule has 0 spiro atoms. The molecule has 1 fully saturated rings. The van der Waals surface area contributed by atoms with E-state index in [9.17, 15) is 18.8 Å². The molecule has 11 nitrogen and oxygen atoms in total. The van der Waals surface area contributed by atoms with E-state index in [1.807, 2.05) is 30.3 Å². The number of anilines is 1. The lowest BCUT2D eigenvalue weighted by Crippen LogP contribution is -2.52. The van der Waals surface area contributed by atoms with Crippen molar-refractivity contribution < 1.29 is 28.2 Å². The normalized spacial score (nSPS) is 16.0. The van der Waals surface area contributed by atoms with E-state index in [4.69, 9.17) is 9.47 Å². The maximum atomic E-state index is 13.5. The van der Waals surface area contributed by atoms with Crippen LogP contribution < -0.4 is 15.4 Å². The lowest BCUT2D eigenvalue weighted by molar-refractivity contribution is -0.136. The number of rotatable bonds is 11. The van der Waals surface area contributed by atoms with Crippen LogP contribution in [0, 0.1) is 5.82 Å². The molecule has 0 aliphatic carbocycles. The number of halogens is 1. The van der Waals surface area contributed by atoms with Crippen molar-refractivity contribution in [3.05, 3.63) is 90.0 Å². The molecule has 7 rings (SSSR count). The van der Waals surface area contributed by atoms with Crippen LogP contribution >= 0.6 is 11.3 Å². The van der Waals surface area contributed by atoms with Crippen molar-refractivity contribution in [2.45, 2.75) is 25.4 Å². The third-order valence-electron chi connectivity index (χ3n) is 7.97. The number of fused-ring (bicyclic) bond motifs is 2. The zero-order chi connectivity index (χ0) is 32.3. The van der Waals surface area contributed by atoms with Crippen LogP contribution in [-0.2, 0) is 20.9 Å². The quantitative estimate of drug-likeness (QED) is 0.152. The van der Waals surface area contributed by atoms with Gasteiger partial charge < -0.3 is 19.7 Å². The van der Waals surface area contributed by atoms with Gasteiger partial charge in [-0.25, -0.2) is 14.4 Å². The van der Waals surface area contributed by atoms with E-state index < -0.39 is 11.9 Å². The number of imide groups is 1. The molecule has 13 heteroatoms. The van der Waals surface area contributed by atoms with E-state index in [1.54, 1.807) is 30.6 Å². The monoisotopic (exact) mass is 652 g/mol. The van der Waals surface area contributed by atoms with Crippen LogP contribution in [0.5, 0.6) is 5.75 Å². The van der Waals surface area contributed by atoms with Crippen molar-refractivity contribution in [3.8, 4) is 27.6 Å². The zero-order valence-corrected chi connectivity index (χ0v) is 25.9. The van der Waals surface area contributed by atoms with E-state index in [0.29, 0.717) is 50.6 Å². The second-order valence-electron chi connectivity index (χ2n) is 11.1. The second kappa shape index (κ2) is 13.2. The lowest BCUT2D eigenvalue weighted by atomic mass is 10.0. The number of piperidine rings is 1. The van der Waals surface area contributed by atoms with Gasteiger partial charge in [-0.05, 0) is 66.6 Å². The molecule has 1 atom stereocenters. The first-order chi connectivity index (χ1) is 22.9. The Morgan fingerprint density at radius 2 is 1.81 bits per heavy atom. The summed E-state index contributed by atoms with van der Waals surface area (Å²) in [6.07, 6.45) is 4.10. The molecule has 2 N–H and O–H groups in total. The lowest BCUT2D eigenvalue weighted by Gasteiger charge is -2.29. The minimum Gasteiger partial charge on any atom is -0.491 e.